The van der Waals surface area contributed by atoms with Crippen molar-refractivity contribution in [1.29, 1.82) is 0 Å². The molecule has 1 aromatic carbocycles. The maximum Gasteiger partial charge on any atom is 0.255 e. The number of amides is 1. The summed E-state index contributed by atoms with van der Waals surface area (Å²) in [6, 6.07) is 11.9. The van der Waals surface area contributed by atoms with Crippen LogP contribution in [-0.2, 0) is 0 Å². The van der Waals surface area contributed by atoms with E-state index in [1.165, 1.54) is 0 Å². The van der Waals surface area contributed by atoms with Gasteiger partial charge in [0.1, 0.15) is 11.8 Å². The van der Waals surface area contributed by atoms with E-state index in [-0.39, 0.29) is 24.0 Å². The topological polar surface area (TPSA) is 83.3 Å². The first kappa shape index (κ1) is 18.3. The highest BCUT2D eigenvalue weighted by molar-refractivity contribution is 5.96. The quantitative estimate of drug-likeness (QED) is 0.714. The van der Waals surface area contributed by atoms with Crippen molar-refractivity contribution in [3.05, 3.63) is 54.5 Å². The van der Waals surface area contributed by atoms with Crippen molar-refractivity contribution in [1.82, 2.24) is 24.8 Å². The van der Waals surface area contributed by atoms with Crippen LogP contribution >= 0.6 is 0 Å². The number of carbonyl (C=O) groups is 1. The van der Waals surface area contributed by atoms with Crippen LogP contribution in [0.4, 0.5) is 0 Å². The van der Waals surface area contributed by atoms with Crippen molar-refractivity contribution in [3.63, 3.8) is 0 Å². The Labute approximate surface area is 169 Å². The molecule has 0 aliphatic carbocycles. The van der Waals surface area contributed by atoms with E-state index in [4.69, 9.17) is 0 Å². The summed E-state index contributed by atoms with van der Waals surface area (Å²) in [6.45, 7) is 2.40. The number of hydrogen-bond donors (Lipinski definition) is 2. The Kier molecular flexibility index (Phi) is 4.56. The molecule has 0 unspecified atom stereocenters. The molecular formula is C22H25N5O2. The van der Waals surface area contributed by atoms with Gasteiger partial charge in [-0.15, -0.1) is 0 Å². The fourth-order valence-corrected chi connectivity index (χ4v) is 4.77. The summed E-state index contributed by atoms with van der Waals surface area (Å²) in [7, 11) is 0. The molecule has 4 heterocycles. The first-order valence-corrected chi connectivity index (χ1v) is 10.2. The Balaban J connectivity index is 1.39. The largest absolute Gasteiger partial charge is 0.396 e. The van der Waals surface area contributed by atoms with Gasteiger partial charge in [0, 0.05) is 36.4 Å². The molecule has 3 aromatic rings. The maximum atomic E-state index is 13.1. The molecule has 29 heavy (non-hydrogen) atoms. The summed E-state index contributed by atoms with van der Waals surface area (Å²) in [5.41, 5.74) is 2.90. The van der Waals surface area contributed by atoms with Gasteiger partial charge in [0.25, 0.3) is 5.91 Å². The van der Waals surface area contributed by atoms with Crippen LogP contribution in [0.25, 0.3) is 16.9 Å². The van der Waals surface area contributed by atoms with Gasteiger partial charge in [-0.1, -0.05) is 18.2 Å². The van der Waals surface area contributed by atoms with E-state index in [0.29, 0.717) is 24.2 Å². The van der Waals surface area contributed by atoms with Crippen LogP contribution in [-0.4, -0.2) is 62.7 Å². The van der Waals surface area contributed by atoms with Crippen LogP contribution in [0.15, 0.2) is 48.9 Å². The first-order chi connectivity index (χ1) is 14.2. The summed E-state index contributed by atoms with van der Waals surface area (Å²) in [4.78, 5) is 24.0. The Morgan fingerprint density at radius 3 is 2.93 bits per heavy atom. The molecule has 0 spiro atoms. The number of imidazole rings is 1. The van der Waals surface area contributed by atoms with E-state index in [1.54, 1.807) is 12.5 Å². The number of benzene rings is 1. The van der Waals surface area contributed by atoms with Crippen molar-refractivity contribution in [3.8, 4) is 5.69 Å². The Morgan fingerprint density at radius 1 is 1.24 bits per heavy atom. The average Bonchev–Trinajstić information content (AvgIpc) is 3.22. The van der Waals surface area contributed by atoms with E-state index in [0.717, 1.165) is 37.1 Å². The molecule has 5 rings (SSSR count). The minimum atomic E-state index is -0.0916. The molecule has 1 amide bonds. The number of nitrogens with one attached hydrogen (secondary N) is 1. The van der Waals surface area contributed by atoms with E-state index < -0.39 is 0 Å². The number of rotatable bonds is 3. The number of carbonyl (C=O) groups excluding carboxylic acids is 1. The minimum absolute atomic E-state index is 0.0208. The van der Waals surface area contributed by atoms with Crippen molar-refractivity contribution in [2.24, 2.45) is 5.41 Å². The number of piperidine rings is 2. The summed E-state index contributed by atoms with van der Waals surface area (Å²) < 4.78 is 1.92. The van der Waals surface area contributed by atoms with Crippen molar-refractivity contribution in [2.75, 3.05) is 26.2 Å². The molecule has 7 nitrogen and oxygen atoms in total. The van der Waals surface area contributed by atoms with Gasteiger partial charge in [-0.25, -0.2) is 9.97 Å². The standard InChI is InChI=1S/C22H25N5O2/c28-14-22-7-4-9-23-19(22)13-26(10-8-22)21(29)16-11-18-20(24-12-16)27(15-25-18)17-5-2-1-3-6-17/h1-3,5-6,11-12,15,19,23,28H,4,7-10,13-14H2/t19-,22-/m1/s1. The van der Waals surface area contributed by atoms with Gasteiger partial charge in [-0.05, 0) is 44.0 Å². The summed E-state index contributed by atoms with van der Waals surface area (Å²) in [5.74, 6) is -0.0208. The molecule has 2 aliphatic heterocycles. The lowest BCUT2D eigenvalue weighted by Gasteiger charge is -2.50. The van der Waals surface area contributed by atoms with Gasteiger partial charge in [0.2, 0.25) is 0 Å². The monoisotopic (exact) mass is 391 g/mol. The zero-order valence-corrected chi connectivity index (χ0v) is 16.3. The van der Waals surface area contributed by atoms with Crippen LogP contribution in [0, 0.1) is 5.41 Å². The van der Waals surface area contributed by atoms with Crippen LogP contribution in [0.3, 0.4) is 0 Å². The Bertz CT molecular complexity index is 1030. The predicted octanol–water partition coefficient (Wildman–Crippen LogP) is 2.00. The van der Waals surface area contributed by atoms with Gasteiger partial charge >= 0.3 is 0 Å². The fraction of sp³-hybridized carbons (Fsp3) is 0.409. The SMILES string of the molecule is O=C(c1cnc2c(c1)ncn2-c1ccccc1)N1CC[C@@]2(CO)CCCN[C@@H]2C1. The van der Waals surface area contributed by atoms with Crippen LogP contribution in [0.1, 0.15) is 29.6 Å². The van der Waals surface area contributed by atoms with E-state index >= 15 is 0 Å². The maximum absolute atomic E-state index is 13.1. The molecule has 2 atom stereocenters. The van der Waals surface area contributed by atoms with Crippen molar-refractivity contribution in [2.45, 2.75) is 25.3 Å². The second-order valence-electron chi connectivity index (χ2n) is 8.15. The molecule has 0 saturated carbocycles. The molecule has 2 aromatic heterocycles. The number of likely N-dealkylation sites (tertiary alicyclic amines) is 1. The Hall–Kier alpha value is -2.77. The number of aromatic nitrogens is 3. The third-order valence-electron chi connectivity index (χ3n) is 6.54. The zero-order valence-electron chi connectivity index (χ0n) is 16.3. The molecule has 7 heteroatoms. The molecule has 2 saturated heterocycles. The van der Waals surface area contributed by atoms with E-state index in [2.05, 4.69) is 15.3 Å². The number of nitrogens with zero attached hydrogens (tertiary/aromatic N) is 4. The lowest BCUT2D eigenvalue weighted by atomic mass is 9.70. The van der Waals surface area contributed by atoms with E-state index in [1.807, 2.05) is 45.9 Å². The third kappa shape index (κ3) is 3.10. The molecule has 2 N–H and O–H groups in total. The number of aliphatic hydroxyl groups excluding tert-OH is 1. The number of para-hydroxylation sites is 1. The molecule has 2 aliphatic rings. The van der Waals surface area contributed by atoms with Gasteiger partial charge in [-0.3, -0.25) is 9.36 Å². The second kappa shape index (κ2) is 7.24. The number of hydrogen-bond acceptors (Lipinski definition) is 5. The summed E-state index contributed by atoms with van der Waals surface area (Å²) in [5, 5.41) is 13.5. The summed E-state index contributed by atoms with van der Waals surface area (Å²) >= 11 is 0. The zero-order chi connectivity index (χ0) is 19.8. The minimum Gasteiger partial charge on any atom is -0.396 e. The lowest BCUT2D eigenvalue weighted by Crippen LogP contribution is -2.62. The average molecular weight is 391 g/mol. The smallest absolute Gasteiger partial charge is 0.255 e. The second-order valence-corrected chi connectivity index (χ2v) is 8.15. The molecule has 0 bridgehead atoms. The fourth-order valence-electron chi connectivity index (χ4n) is 4.77. The normalized spacial score (nSPS) is 24.4. The highest BCUT2D eigenvalue weighted by Crippen LogP contribution is 2.38. The predicted molar refractivity (Wildman–Crippen MR) is 110 cm³/mol. The molecule has 2 fully saturated rings. The van der Waals surface area contributed by atoms with Gasteiger partial charge in [-0.2, -0.15) is 0 Å². The molecule has 150 valence electrons. The Morgan fingerprint density at radius 2 is 2.10 bits per heavy atom. The van der Waals surface area contributed by atoms with Crippen LogP contribution in [0.2, 0.25) is 0 Å². The van der Waals surface area contributed by atoms with Crippen LogP contribution in [0.5, 0.6) is 0 Å². The molecule has 0 radical (unpaired) electrons. The van der Waals surface area contributed by atoms with Gasteiger partial charge < -0.3 is 15.3 Å². The third-order valence-corrected chi connectivity index (χ3v) is 6.54. The van der Waals surface area contributed by atoms with Gasteiger partial charge in [0.05, 0.1) is 12.2 Å². The highest BCUT2D eigenvalue weighted by Gasteiger charge is 2.45. The number of pyridine rings is 1. The molecular weight excluding hydrogens is 366 g/mol. The number of aliphatic hydroxyl groups is 1. The number of fused-ring (bicyclic) bond motifs is 2. The highest BCUT2D eigenvalue weighted by atomic mass is 16.3. The van der Waals surface area contributed by atoms with Crippen molar-refractivity contribution < 1.29 is 9.90 Å². The summed E-state index contributed by atoms with van der Waals surface area (Å²) in [6.07, 6.45) is 6.31. The first-order valence-electron chi connectivity index (χ1n) is 10.2. The van der Waals surface area contributed by atoms with Crippen molar-refractivity contribution >= 4 is 17.1 Å². The van der Waals surface area contributed by atoms with E-state index in [9.17, 15) is 9.90 Å². The lowest BCUT2D eigenvalue weighted by molar-refractivity contribution is -0.00882. The van der Waals surface area contributed by atoms with Gasteiger partial charge in [0.15, 0.2) is 5.65 Å². The van der Waals surface area contributed by atoms with Crippen LogP contribution < -0.4 is 5.32 Å².